The van der Waals surface area contributed by atoms with Crippen LogP contribution < -0.4 is 10.1 Å². The largest absolute Gasteiger partial charge is 0.496 e. The lowest BCUT2D eigenvalue weighted by Gasteiger charge is -2.26. The van der Waals surface area contributed by atoms with Crippen molar-refractivity contribution in [1.82, 2.24) is 5.32 Å². The summed E-state index contributed by atoms with van der Waals surface area (Å²) < 4.78 is 5.33. The standard InChI is InChI=1S/C15H25NO2/c1-5-9-16-10-8-15(3,17)13-11-12(2)6-7-14(13)18-4/h6-7,11,16-17H,5,8-10H2,1-4H3. The van der Waals surface area contributed by atoms with Crippen molar-refractivity contribution in [1.29, 1.82) is 0 Å². The summed E-state index contributed by atoms with van der Waals surface area (Å²) in [6.45, 7) is 7.79. The minimum Gasteiger partial charge on any atom is -0.496 e. The van der Waals surface area contributed by atoms with Gasteiger partial charge in [0.2, 0.25) is 0 Å². The summed E-state index contributed by atoms with van der Waals surface area (Å²) in [5.74, 6) is 0.751. The maximum atomic E-state index is 10.6. The normalized spacial score (nSPS) is 14.3. The molecule has 3 heteroatoms. The van der Waals surface area contributed by atoms with Crippen LogP contribution in [0.25, 0.3) is 0 Å². The number of hydrogen-bond donors (Lipinski definition) is 2. The number of hydrogen-bond acceptors (Lipinski definition) is 3. The Morgan fingerprint density at radius 2 is 2.06 bits per heavy atom. The highest BCUT2D eigenvalue weighted by molar-refractivity contribution is 5.40. The van der Waals surface area contributed by atoms with Gasteiger partial charge in [0.1, 0.15) is 5.75 Å². The highest BCUT2D eigenvalue weighted by Gasteiger charge is 2.26. The quantitative estimate of drug-likeness (QED) is 0.732. The van der Waals surface area contributed by atoms with Crippen LogP contribution in [0.2, 0.25) is 0 Å². The van der Waals surface area contributed by atoms with Crippen LogP contribution in [0.15, 0.2) is 18.2 Å². The molecule has 0 spiro atoms. The summed E-state index contributed by atoms with van der Waals surface area (Å²) in [6, 6.07) is 5.91. The summed E-state index contributed by atoms with van der Waals surface area (Å²) in [6.07, 6.45) is 1.78. The molecule has 1 unspecified atom stereocenters. The Kier molecular flexibility index (Phi) is 5.63. The van der Waals surface area contributed by atoms with Crippen molar-refractivity contribution in [2.45, 2.75) is 39.2 Å². The Bertz CT molecular complexity index is 375. The zero-order chi connectivity index (χ0) is 13.6. The van der Waals surface area contributed by atoms with Gasteiger partial charge in [-0.15, -0.1) is 0 Å². The number of methoxy groups -OCH3 is 1. The van der Waals surface area contributed by atoms with E-state index in [1.807, 2.05) is 32.0 Å². The molecule has 0 heterocycles. The van der Waals surface area contributed by atoms with Gasteiger partial charge in [0.15, 0.2) is 0 Å². The lowest BCUT2D eigenvalue weighted by molar-refractivity contribution is 0.0455. The van der Waals surface area contributed by atoms with E-state index < -0.39 is 5.60 Å². The zero-order valence-electron chi connectivity index (χ0n) is 11.9. The van der Waals surface area contributed by atoms with Crippen molar-refractivity contribution in [2.24, 2.45) is 0 Å². The fourth-order valence-electron chi connectivity index (χ4n) is 2.01. The van der Waals surface area contributed by atoms with E-state index in [0.717, 1.165) is 36.4 Å². The summed E-state index contributed by atoms with van der Waals surface area (Å²) in [5, 5.41) is 13.9. The molecule has 0 fully saturated rings. The Balaban J connectivity index is 2.79. The molecular weight excluding hydrogens is 226 g/mol. The first-order valence-electron chi connectivity index (χ1n) is 6.59. The van der Waals surface area contributed by atoms with E-state index in [4.69, 9.17) is 4.74 Å². The monoisotopic (exact) mass is 251 g/mol. The third-order valence-electron chi connectivity index (χ3n) is 3.15. The van der Waals surface area contributed by atoms with Crippen LogP contribution in [-0.2, 0) is 5.60 Å². The van der Waals surface area contributed by atoms with Crippen LogP contribution in [0.4, 0.5) is 0 Å². The fourth-order valence-corrected chi connectivity index (χ4v) is 2.01. The first kappa shape index (κ1) is 15.0. The zero-order valence-corrected chi connectivity index (χ0v) is 11.9. The minimum absolute atomic E-state index is 0.673. The summed E-state index contributed by atoms with van der Waals surface area (Å²) in [5.41, 5.74) is 1.13. The van der Waals surface area contributed by atoms with Gasteiger partial charge in [0, 0.05) is 5.56 Å². The second-order valence-corrected chi connectivity index (χ2v) is 4.98. The number of aryl methyl sites for hydroxylation is 1. The van der Waals surface area contributed by atoms with Crippen molar-refractivity contribution >= 4 is 0 Å². The van der Waals surface area contributed by atoms with E-state index in [1.54, 1.807) is 7.11 Å². The molecule has 0 aliphatic heterocycles. The third-order valence-corrected chi connectivity index (χ3v) is 3.15. The first-order chi connectivity index (χ1) is 8.51. The van der Waals surface area contributed by atoms with Gasteiger partial charge < -0.3 is 15.2 Å². The molecule has 0 saturated carbocycles. The summed E-state index contributed by atoms with van der Waals surface area (Å²) >= 11 is 0. The molecule has 0 aromatic heterocycles. The van der Waals surface area contributed by atoms with Gasteiger partial charge in [-0.25, -0.2) is 0 Å². The Labute approximate surface area is 110 Å². The molecule has 3 nitrogen and oxygen atoms in total. The predicted molar refractivity (Wildman–Crippen MR) is 75.1 cm³/mol. The minimum atomic E-state index is -0.863. The maximum absolute atomic E-state index is 10.6. The number of benzene rings is 1. The molecule has 0 aliphatic carbocycles. The van der Waals surface area contributed by atoms with E-state index in [9.17, 15) is 5.11 Å². The van der Waals surface area contributed by atoms with Gasteiger partial charge in [0.05, 0.1) is 12.7 Å². The van der Waals surface area contributed by atoms with E-state index >= 15 is 0 Å². The van der Waals surface area contributed by atoms with Crippen molar-refractivity contribution < 1.29 is 9.84 Å². The van der Waals surface area contributed by atoms with Crippen LogP contribution in [0.3, 0.4) is 0 Å². The Hall–Kier alpha value is -1.06. The molecule has 1 atom stereocenters. The molecule has 1 rings (SSSR count). The molecule has 2 N–H and O–H groups in total. The topological polar surface area (TPSA) is 41.5 Å². The average molecular weight is 251 g/mol. The second-order valence-electron chi connectivity index (χ2n) is 4.98. The van der Waals surface area contributed by atoms with E-state index in [0.29, 0.717) is 6.42 Å². The highest BCUT2D eigenvalue weighted by atomic mass is 16.5. The lowest BCUT2D eigenvalue weighted by atomic mass is 9.90. The van der Waals surface area contributed by atoms with E-state index in [2.05, 4.69) is 12.2 Å². The highest BCUT2D eigenvalue weighted by Crippen LogP contribution is 2.32. The van der Waals surface area contributed by atoms with Crippen LogP contribution in [0.5, 0.6) is 5.75 Å². The molecule has 18 heavy (non-hydrogen) atoms. The van der Waals surface area contributed by atoms with Crippen molar-refractivity contribution in [3.63, 3.8) is 0 Å². The fraction of sp³-hybridized carbons (Fsp3) is 0.600. The van der Waals surface area contributed by atoms with Gasteiger partial charge >= 0.3 is 0 Å². The van der Waals surface area contributed by atoms with Crippen molar-refractivity contribution in [2.75, 3.05) is 20.2 Å². The summed E-state index contributed by atoms with van der Waals surface area (Å²) in [4.78, 5) is 0. The van der Waals surface area contributed by atoms with Crippen LogP contribution in [0, 0.1) is 6.92 Å². The van der Waals surface area contributed by atoms with Crippen molar-refractivity contribution in [3.8, 4) is 5.75 Å². The Morgan fingerprint density at radius 3 is 2.67 bits per heavy atom. The number of ether oxygens (including phenoxy) is 1. The van der Waals surface area contributed by atoms with Gasteiger partial charge in [0.25, 0.3) is 0 Å². The predicted octanol–water partition coefficient (Wildman–Crippen LogP) is 2.60. The molecule has 0 amide bonds. The number of aliphatic hydroxyl groups is 1. The van der Waals surface area contributed by atoms with Gasteiger partial charge in [-0.1, -0.05) is 18.6 Å². The summed E-state index contributed by atoms with van der Waals surface area (Å²) in [7, 11) is 1.64. The molecule has 0 radical (unpaired) electrons. The molecule has 0 bridgehead atoms. The maximum Gasteiger partial charge on any atom is 0.124 e. The van der Waals surface area contributed by atoms with Crippen LogP contribution >= 0.6 is 0 Å². The number of nitrogens with one attached hydrogen (secondary N) is 1. The van der Waals surface area contributed by atoms with Crippen LogP contribution in [-0.4, -0.2) is 25.3 Å². The molecule has 1 aromatic carbocycles. The third kappa shape index (κ3) is 4.00. The van der Waals surface area contributed by atoms with E-state index in [-0.39, 0.29) is 0 Å². The molecular formula is C15H25NO2. The SMILES string of the molecule is CCCNCCC(C)(O)c1cc(C)ccc1OC. The number of rotatable bonds is 7. The molecule has 0 aliphatic rings. The molecule has 102 valence electrons. The Morgan fingerprint density at radius 1 is 1.33 bits per heavy atom. The van der Waals surface area contributed by atoms with Gasteiger partial charge in [-0.2, -0.15) is 0 Å². The van der Waals surface area contributed by atoms with Crippen molar-refractivity contribution in [3.05, 3.63) is 29.3 Å². The van der Waals surface area contributed by atoms with Gasteiger partial charge in [-0.3, -0.25) is 0 Å². The van der Waals surface area contributed by atoms with Crippen LogP contribution in [0.1, 0.15) is 37.8 Å². The average Bonchev–Trinajstić information content (AvgIpc) is 2.35. The molecule has 1 aromatic rings. The molecule has 0 saturated heterocycles. The first-order valence-corrected chi connectivity index (χ1v) is 6.59. The van der Waals surface area contributed by atoms with E-state index in [1.165, 1.54) is 0 Å². The lowest BCUT2D eigenvalue weighted by Crippen LogP contribution is -2.28. The second kappa shape index (κ2) is 6.76. The smallest absolute Gasteiger partial charge is 0.124 e. The van der Waals surface area contributed by atoms with Gasteiger partial charge in [-0.05, 0) is 51.9 Å².